The summed E-state index contributed by atoms with van der Waals surface area (Å²) in [5.74, 6) is -0.243. The van der Waals surface area contributed by atoms with Crippen LogP contribution in [0.3, 0.4) is 0 Å². The van der Waals surface area contributed by atoms with E-state index in [2.05, 4.69) is 4.98 Å². The van der Waals surface area contributed by atoms with Gasteiger partial charge in [0.2, 0.25) is 0 Å². The molecule has 1 heterocycles. The third-order valence-corrected chi connectivity index (χ3v) is 3.25. The van der Waals surface area contributed by atoms with Crippen molar-refractivity contribution in [3.8, 4) is 0 Å². The van der Waals surface area contributed by atoms with Crippen LogP contribution in [0.2, 0.25) is 5.02 Å². The third kappa shape index (κ3) is 2.70. The van der Waals surface area contributed by atoms with Gasteiger partial charge in [-0.15, -0.1) is 0 Å². The van der Waals surface area contributed by atoms with Gasteiger partial charge in [-0.2, -0.15) is 0 Å². The predicted molar refractivity (Wildman–Crippen MR) is 82.1 cm³/mol. The van der Waals surface area contributed by atoms with Crippen LogP contribution in [-0.2, 0) is 0 Å². The van der Waals surface area contributed by atoms with Gasteiger partial charge in [-0.1, -0.05) is 41.9 Å². The first-order chi connectivity index (χ1) is 9.72. The van der Waals surface area contributed by atoms with Crippen molar-refractivity contribution in [2.45, 2.75) is 0 Å². The molecule has 0 fully saturated rings. The van der Waals surface area contributed by atoms with Gasteiger partial charge in [0.15, 0.2) is 0 Å². The van der Waals surface area contributed by atoms with E-state index in [0.717, 1.165) is 16.6 Å². The monoisotopic (exact) mass is 283 g/mol. The minimum absolute atomic E-state index is 0.243. The SMILES string of the molecule is Fc1ccccc1/C=C/c1ccc2ccc(Cl)cc2n1. The Balaban J connectivity index is 1.97. The Morgan fingerprint density at radius 1 is 0.950 bits per heavy atom. The Labute approximate surface area is 121 Å². The Kier molecular flexibility index (Phi) is 3.48. The van der Waals surface area contributed by atoms with Crippen molar-refractivity contribution in [2.75, 3.05) is 0 Å². The molecule has 98 valence electrons. The fourth-order valence-electron chi connectivity index (χ4n) is 1.98. The molecule has 0 saturated heterocycles. The van der Waals surface area contributed by atoms with Crippen molar-refractivity contribution >= 4 is 34.7 Å². The molecule has 3 rings (SSSR count). The smallest absolute Gasteiger partial charge is 0.130 e. The number of nitrogens with zero attached hydrogens (tertiary/aromatic N) is 1. The van der Waals surface area contributed by atoms with E-state index < -0.39 is 0 Å². The Hall–Kier alpha value is -2.19. The van der Waals surface area contributed by atoms with Gasteiger partial charge in [-0.3, -0.25) is 0 Å². The van der Waals surface area contributed by atoms with Crippen LogP contribution in [0, 0.1) is 5.82 Å². The lowest BCUT2D eigenvalue weighted by molar-refractivity contribution is 0.625. The number of pyridine rings is 1. The van der Waals surface area contributed by atoms with Crippen molar-refractivity contribution in [1.82, 2.24) is 4.98 Å². The summed E-state index contributed by atoms with van der Waals surface area (Å²) >= 11 is 5.96. The van der Waals surface area contributed by atoms with Crippen LogP contribution < -0.4 is 0 Å². The summed E-state index contributed by atoms with van der Waals surface area (Å²) in [5, 5.41) is 1.68. The lowest BCUT2D eigenvalue weighted by Crippen LogP contribution is -1.84. The molecule has 3 aromatic rings. The molecule has 1 aromatic heterocycles. The average Bonchev–Trinajstić information content (AvgIpc) is 2.46. The second-order valence-electron chi connectivity index (χ2n) is 4.43. The quantitative estimate of drug-likeness (QED) is 0.630. The van der Waals surface area contributed by atoms with Gasteiger partial charge < -0.3 is 0 Å². The first kappa shape index (κ1) is 12.8. The number of aromatic nitrogens is 1. The molecule has 1 nitrogen and oxygen atoms in total. The zero-order chi connectivity index (χ0) is 13.9. The maximum atomic E-state index is 13.5. The molecule has 0 aliphatic rings. The lowest BCUT2D eigenvalue weighted by Gasteiger charge is -2.00. The van der Waals surface area contributed by atoms with E-state index >= 15 is 0 Å². The molecule has 0 amide bonds. The van der Waals surface area contributed by atoms with Crippen LogP contribution >= 0.6 is 11.6 Å². The number of hydrogen-bond acceptors (Lipinski definition) is 1. The summed E-state index contributed by atoms with van der Waals surface area (Å²) in [6, 6.07) is 16.1. The molecule has 2 aromatic carbocycles. The van der Waals surface area contributed by atoms with Gasteiger partial charge in [0, 0.05) is 16.0 Å². The maximum absolute atomic E-state index is 13.5. The molecule has 0 radical (unpaired) electrons. The molecule has 0 aliphatic heterocycles. The number of rotatable bonds is 2. The number of fused-ring (bicyclic) bond motifs is 1. The van der Waals surface area contributed by atoms with Gasteiger partial charge >= 0.3 is 0 Å². The van der Waals surface area contributed by atoms with Gasteiger partial charge in [-0.05, 0) is 36.4 Å². The van der Waals surface area contributed by atoms with Crippen molar-refractivity contribution in [2.24, 2.45) is 0 Å². The Bertz CT molecular complexity index is 796. The van der Waals surface area contributed by atoms with Crippen molar-refractivity contribution < 1.29 is 4.39 Å². The van der Waals surface area contributed by atoms with Gasteiger partial charge in [0.25, 0.3) is 0 Å². The standard InChI is InChI=1S/C17H11ClFN/c18-14-8-5-13-7-10-15(20-17(13)11-14)9-6-12-3-1-2-4-16(12)19/h1-11H/b9-6+. The first-order valence-corrected chi connectivity index (χ1v) is 6.59. The first-order valence-electron chi connectivity index (χ1n) is 6.21. The zero-order valence-electron chi connectivity index (χ0n) is 10.6. The summed E-state index contributed by atoms with van der Waals surface area (Å²) in [6.07, 6.45) is 3.51. The fourth-order valence-corrected chi connectivity index (χ4v) is 2.15. The highest BCUT2D eigenvalue weighted by molar-refractivity contribution is 6.31. The second-order valence-corrected chi connectivity index (χ2v) is 4.86. The highest BCUT2D eigenvalue weighted by Gasteiger charge is 1.99. The molecule has 0 atom stereocenters. The number of halogens is 2. The summed E-state index contributed by atoms with van der Waals surface area (Å²) < 4.78 is 13.5. The largest absolute Gasteiger partial charge is 0.248 e. The van der Waals surface area contributed by atoms with E-state index in [0.29, 0.717) is 10.6 Å². The fraction of sp³-hybridized carbons (Fsp3) is 0. The molecule has 3 heteroatoms. The average molecular weight is 284 g/mol. The minimum Gasteiger partial charge on any atom is -0.248 e. The Morgan fingerprint density at radius 2 is 1.75 bits per heavy atom. The lowest BCUT2D eigenvalue weighted by atomic mass is 10.1. The van der Waals surface area contributed by atoms with E-state index in [4.69, 9.17) is 11.6 Å². The molecule has 0 N–H and O–H groups in total. The number of hydrogen-bond donors (Lipinski definition) is 0. The summed E-state index contributed by atoms with van der Waals surface area (Å²) in [4.78, 5) is 4.49. The predicted octanol–water partition coefficient (Wildman–Crippen LogP) is 5.20. The molecule has 0 spiro atoms. The van der Waals surface area contributed by atoms with Crippen LogP contribution in [0.25, 0.3) is 23.1 Å². The highest BCUT2D eigenvalue weighted by Crippen LogP contribution is 2.19. The maximum Gasteiger partial charge on any atom is 0.130 e. The third-order valence-electron chi connectivity index (χ3n) is 3.01. The molecule has 20 heavy (non-hydrogen) atoms. The minimum atomic E-state index is -0.243. The van der Waals surface area contributed by atoms with E-state index in [9.17, 15) is 4.39 Å². The molecule has 0 saturated carbocycles. The number of benzene rings is 2. The highest BCUT2D eigenvalue weighted by atomic mass is 35.5. The molecular weight excluding hydrogens is 273 g/mol. The van der Waals surface area contributed by atoms with Gasteiger partial charge in [0.05, 0.1) is 11.2 Å². The summed E-state index contributed by atoms with van der Waals surface area (Å²) in [5.41, 5.74) is 2.14. The second kappa shape index (κ2) is 5.43. The van der Waals surface area contributed by atoms with Crippen LogP contribution in [0.15, 0.2) is 54.6 Å². The van der Waals surface area contributed by atoms with Gasteiger partial charge in [-0.25, -0.2) is 9.37 Å². The van der Waals surface area contributed by atoms with Gasteiger partial charge in [0.1, 0.15) is 5.82 Å². The molecular formula is C17H11ClFN. The molecule has 0 bridgehead atoms. The van der Waals surface area contributed by atoms with E-state index in [1.807, 2.05) is 30.3 Å². The van der Waals surface area contributed by atoms with E-state index in [-0.39, 0.29) is 5.82 Å². The normalized spacial score (nSPS) is 11.3. The zero-order valence-corrected chi connectivity index (χ0v) is 11.3. The van der Waals surface area contributed by atoms with E-state index in [1.54, 1.807) is 30.4 Å². The van der Waals surface area contributed by atoms with E-state index in [1.165, 1.54) is 6.07 Å². The molecule has 0 unspecified atom stereocenters. The topological polar surface area (TPSA) is 12.9 Å². The summed E-state index contributed by atoms with van der Waals surface area (Å²) in [6.45, 7) is 0. The van der Waals surface area contributed by atoms with Crippen LogP contribution in [0.4, 0.5) is 4.39 Å². The molecule has 0 aliphatic carbocycles. The van der Waals surface area contributed by atoms with Crippen molar-refractivity contribution in [3.05, 3.63) is 76.7 Å². The Morgan fingerprint density at radius 3 is 2.60 bits per heavy atom. The van der Waals surface area contributed by atoms with Crippen molar-refractivity contribution in [1.29, 1.82) is 0 Å². The van der Waals surface area contributed by atoms with Crippen LogP contribution in [0.5, 0.6) is 0 Å². The summed E-state index contributed by atoms with van der Waals surface area (Å²) in [7, 11) is 0. The van der Waals surface area contributed by atoms with Crippen molar-refractivity contribution in [3.63, 3.8) is 0 Å². The van der Waals surface area contributed by atoms with Crippen LogP contribution in [-0.4, -0.2) is 4.98 Å². The van der Waals surface area contributed by atoms with Crippen LogP contribution in [0.1, 0.15) is 11.3 Å².